The Bertz CT molecular complexity index is 270. The van der Waals surface area contributed by atoms with Gasteiger partial charge >= 0.3 is 5.97 Å². The molecule has 0 amide bonds. The molecule has 0 aromatic carbocycles. The highest BCUT2D eigenvalue weighted by Crippen LogP contribution is 1.96. The lowest BCUT2D eigenvalue weighted by atomic mass is 10.3. The molecule has 12 heavy (non-hydrogen) atoms. The quantitative estimate of drug-likeness (QED) is 0.703. The maximum atomic E-state index is 10.4. The van der Waals surface area contributed by atoms with E-state index in [4.69, 9.17) is 9.84 Å². The highest BCUT2D eigenvalue weighted by Gasteiger charge is 2.03. The number of aromatic carboxylic acids is 1. The fraction of sp³-hybridized carbons (Fsp3) is 0.286. The van der Waals surface area contributed by atoms with Gasteiger partial charge in [0.1, 0.15) is 6.61 Å². The third-order valence-corrected chi connectivity index (χ3v) is 1.23. The van der Waals surface area contributed by atoms with Gasteiger partial charge in [0.2, 0.25) is 0 Å². The van der Waals surface area contributed by atoms with E-state index in [0.29, 0.717) is 12.4 Å². The van der Waals surface area contributed by atoms with Crippen molar-refractivity contribution >= 4 is 5.97 Å². The molecule has 0 fully saturated rings. The van der Waals surface area contributed by atoms with Gasteiger partial charge in [-0.3, -0.25) is 0 Å². The van der Waals surface area contributed by atoms with E-state index < -0.39 is 5.97 Å². The Morgan fingerprint density at radius 2 is 2.17 bits per heavy atom. The number of hydrogen-bond donors (Lipinski definition) is 1. The lowest BCUT2D eigenvalue weighted by Crippen LogP contribution is -2.02. The first-order valence-electron chi connectivity index (χ1n) is 3.27. The SMILES string of the molecule is COCc1ncc(C(=O)O)cn1. The highest BCUT2D eigenvalue weighted by molar-refractivity contribution is 5.86. The summed E-state index contributed by atoms with van der Waals surface area (Å²) in [4.78, 5) is 17.9. The predicted molar refractivity (Wildman–Crippen MR) is 39.7 cm³/mol. The van der Waals surface area contributed by atoms with Gasteiger partial charge < -0.3 is 9.84 Å². The van der Waals surface area contributed by atoms with Gasteiger partial charge in [-0.15, -0.1) is 0 Å². The van der Waals surface area contributed by atoms with E-state index in [-0.39, 0.29) is 5.56 Å². The Morgan fingerprint density at radius 1 is 1.58 bits per heavy atom. The van der Waals surface area contributed by atoms with Gasteiger partial charge in [-0.25, -0.2) is 14.8 Å². The molecule has 5 heteroatoms. The maximum Gasteiger partial charge on any atom is 0.338 e. The van der Waals surface area contributed by atoms with Crippen LogP contribution in [0.4, 0.5) is 0 Å². The Labute approximate surface area is 69.0 Å². The van der Waals surface area contributed by atoms with Gasteiger partial charge in [0, 0.05) is 19.5 Å². The Hall–Kier alpha value is -1.49. The summed E-state index contributed by atoms with van der Waals surface area (Å²) in [5, 5.41) is 8.49. The Kier molecular flexibility index (Phi) is 2.71. The molecular weight excluding hydrogens is 160 g/mol. The second-order valence-corrected chi connectivity index (χ2v) is 2.13. The number of carboxylic acids is 1. The van der Waals surface area contributed by atoms with Gasteiger partial charge in [-0.1, -0.05) is 0 Å². The van der Waals surface area contributed by atoms with Crippen molar-refractivity contribution in [3.63, 3.8) is 0 Å². The summed E-state index contributed by atoms with van der Waals surface area (Å²) in [5.41, 5.74) is 0.0786. The normalized spacial score (nSPS) is 9.75. The van der Waals surface area contributed by atoms with Crippen LogP contribution in [0, 0.1) is 0 Å². The molecule has 5 nitrogen and oxygen atoms in total. The Balaban J connectivity index is 2.78. The molecule has 1 aromatic rings. The average Bonchev–Trinajstić information content (AvgIpc) is 2.06. The maximum absolute atomic E-state index is 10.4. The molecule has 64 valence electrons. The van der Waals surface area contributed by atoms with Crippen molar-refractivity contribution in [1.29, 1.82) is 0 Å². The van der Waals surface area contributed by atoms with Crippen LogP contribution in [-0.4, -0.2) is 28.2 Å². The van der Waals surface area contributed by atoms with Gasteiger partial charge in [-0.2, -0.15) is 0 Å². The van der Waals surface area contributed by atoms with Crippen LogP contribution in [0.1, 0.15) is 16.2 Å². The van der Waals surface area contributed by atoms with Crippen molar-refractivity contribution in [2.45, 2.75) is 6.61 Å². The van der Waals surface area contributed by atoms with Crippen molar-refractivity contribution in [3.05, 3.63) is 23.8 Å². The predicted octanol–water partition coefficient (Wildman–Crippen LogP) is 0.321. The molecule has 0 bridgehead atoms. The van der Waals surface area contributed by atoms with Crippen LogP contribution in [0.3, 0.4) is 0 Å². The van der Waals surface area contributed by atoms with E-state index in [1.807, 2.05) is 0 Å². The fourth-order valence-electron chi connectivity index (χ4n) is 0.669. The second kappa shape index (κ2) is 3.77. The summed E-state index contributed by atoms with van der Waals surface area (Å²) >= 11 is 0. The van der Waals surface area contributed by atoms with Gasteiger partial charge in [-0.05, 0) is 0 Å². The molecule has 0 spiro atoms. The molecule has 0 aliphatic heterocycles. The summed E-state index contributed by atoms with van der Waals surface area (Å²) in [5.74, 6) is -0.554. The number of methoxy groups -OCH3 is 1. The minimum atomic E-state index is -1.03. The van der Waals surface area contributed by atoms with Crippen molar-refractivity contribution < 1.29 is 14.6 Å². The van der Waals surface area contributed by atoms with Crippen LogP contribution in [0.5, 0.6) is 0 Å². The third-order valence-electron chi connectivity index (χ3n) is 1.23. The van der Waals surface area contributed by atoms with Crippen molar-refractivity contribution in [1.82, 2.24) is 9.97 Å². The van der Waals surface area contributed by atoms with Gasteiger partial charge in [0.15, 0.2) is 5.82 Å². The zero-order chi connectivity index (χ0) is 8.97. The highest BCUT2D eigenvalue weighted by atomic mass is 16.5. The number of ether oxygens (including phenoxy) is 1. The van der Waals surface area contributed by atoms with Gasteiger partial charge in [0.05, 0.1) is 5.56 Å². The number of carboxylic acid groups (broad SMARTS) is 1. The first-order valence-corrected chi connectivity index (χ1v) is 3.27. The third kappa shape index (κ3) is 2.00. The van der Waals surface area contributed by atoms with Crippen molar-refractivity contribution in [2.75, 3.05) is 7.11 Å². The summed E-state index contributed by atoms with van der Waals surface area (Å²) in [6, 6.07) is 0. The van der Waals surface area contributed by atoms with Crippen molar-refractivity contribution in [3.8, 4) is 0 Å². The largest absolute Gasteiger partial charge is 0.478 e. The van der Waals surface area contributed by atoms with Crippen LogP contribution >= 0.6 is 0 Å². The zero-order valence-corrected chi connectivity index (χ0v) is 6.52. The molecule has 0 atom stereocenters. The summed E-state index contributed by atoms with van der Waals surface area (Å²) in [6.07, 6.45) is 2.51. The average molecular weight is 168 g/mol. The number of aromatic nitrogens is 2. The van der Waals surface area contributed by atoms with E-state index in [9.17, 15) is 4.79 Å². The summed E-state index contributed by atoms with van der Waals surface area (Å²) in [6.45, 7) is 0.292. The molecule has 0 unspecified atom stereocenters. The lowest BCUT2D eigenvalue weighted by molar-refractivity contribution is 0.0695. The summed E-state index contributed by atoms with van der Waals surface area (Å²) < 4.78 is 4.76. The molecule has 1 aromatic heterocycles. The van der Waals surface area contributed by atoms with Crippen LogP contribution < -0.4 is 0 Å². The van der Waals surface area contributed by atoms with E-state index in [2.05, 4.69) is 9.97 Å². The monoisotopic (exact) mass is 168 g/mol. The van der Waals surface area contributed by atoms with Gasteiger partial charge in [0.25, 0.3) is 0 Å². The fourth-order valence-corrected chi connectivity index (χ4v) is 0.669. The van der Waals surface area contributed by atoms with E-state index in [1.54, 1.807) is 0 Å². The van der Waals surface area contributed by atoms with E-state index in [1.165, 1.54) is 19.5 Å². The van der Waals surface area contributed by atoms with Crippen LogP contribution in [-0.2, 0) is 11.3 Å². The molecule has 0 radical (unpaired) electrons. The molecule has 1 N–H and O–H groups in total. The molecule has 0 saturated heterocycles. The molecular formula is C7H8N2O3. The number of carbonyl (C=O) groups is 1. The molecule has 1 heterocycles. The smallest absolute Gasteiger partial charge is 0.338 e. The van der Waals surface area contributed by atoms with Crippen LogP contribution in [0.2, 0.25) is 0 Å². The van der Waals surface area contributed by atoms with Crippen molar-refractivity contribution in [2.24, 2.45) is 0 Å². The Morgan fingerprint density at radius 3 is 2.58 bits per heavy atom. The standard InChI is InChI=1S/C7H8N2O3/c1-12-4-6-8-2-5(3-9-6)7(10)11/h2-3H,4H2,1H3,(H,10,11). The van der Waals surface area contributed by atoms with Crippen LogP contribution in [0.15, 0.2) is 12.4 Å². The summed E-state index contributed by atoms with van der Waals surface area (Å²) in [7, 11) is 1.52. The molecule has 0 saturated carbocycles. The molecule has 1 rings (SSSR count). The first kappa shape index (κ1) is 8.61. The number of rotatable bonds is 3. The minimum Gasteiger partial charge on any atom is -0.478 e. The molecule has 0 aliphatic carbocycles. The van der Waals surface area contributed by atoms with Crippen LogP contribution in [0.25, 0.3) is 0 Å². The molecule has 0 aliphatic rings. The number of nitrogens with zero attached hydrogens (tertiary/aromatic N) is 2. The topological polar surface area (TPSA) is 72.3 Å². The lowest BCUT2D eigenvalue weighted by Gasteiger charge is -1.97. The second-order valence-electron chi connectivity index (χ2n) is 2.13. The number of hydrogen-bond acceptors (Lipinski definition) is 4. The minimum absolute atomic E-state index is 0.0786. The first-order chi connectivity index (χ1) is 5.74. The zero-order valence-electron chi connectivity index (χ0n) is 6.52. The van der Waals surface area contributed by atoms with E-state index >= 15 is 0 Å². The van der Waals surface area contributed by atoms with E-state index in [0.717, 1.165) is 0 Å².